The van der Waals surface area contributed by atoms with Crippen molar-refractivity contribution in [1.82, 2.24) is 14.2 Å². The molecule has 10 heteroatoms. The van der Waals surface area contributed by atoms with Crippen LogP contribution in [-0.4, -0.2) is 58.8 Å². The van der Waals surface area contributed by atoms with Crippen molar-refractivity contribution < 1.29 is 27.2 Å². The van der Waals surface area contributed by atoms with Crippen molar-refractivity contribution in [3.63, 3.8) is 0 Å². The van der Waals surface area contributed by atoms with Crippen molar-refractivity contribution in [3.05, 3.63) is 95.3 Å². The van der Waals surface area contributed by atoms with E-state index < -0.39 is 29.0 Å². The number of hydrogen-bond acceptors (Lipinski definition) is 3. The maximum atomic E-state index is 13.6. The van der Waals surface area contributed by atoms with Crippen LogP contribution in [0.15, 0.2) is 72.8 Å². The van der Waals surface area contributed by atoms with E-state index >= 15 is 0 Å². The monoisotopic (exact) mass is 547 g/mol. The molecule has 0 N–H and O–H groups in total. The molecule has 2 amide bonds. The van der Waals surface area contributed by atoms with E-state index in [0.29, 0.717) is 18.2 Å². The number of hydrogen-bond donors (Lipinski definition) is 0. The summed E-state index contributed by atoms with van der Waals surface area (Å²) in [6.07, 6.45) is -4.79. The first-order chi connectivity index (χ1) is 18.0. The summed E-state index contributed by atoms with van der Waals surface area (Å²) in [6.45, 7) is 2.11. The molecule has 1 fully saturated rings. The van der Waals surface area contributed by atoms with Gasteiger partial charge in [0.05, 0.1) is 17.7 Å². The van der Waals surface area contributed by atoms with Crippen LogP contribution in [-0.2, 0) is 11.0 Å². The smallest absolute Gasteiger partial charge is 0.338 e. The van der Waals surface area contributed by atoms with Crippen molar-refractivity contribution in [2.24, 2.45) is 0 Å². The van der Waals surface area contributed by atoms with Gasteiger partial charge in [-0.05, 0) is 53.6 Å². The molecule has 1 heterocycles. The van der Waals surface area contributed by atoms with Gasteiger partial charge in [0.15, 0.2) is 0 Å². The van der Waals surface area contributed by atoms with E-state index in [9.17, 15) is 27.2 Å². The van der Waals surface area contributed by atoms with Crippen LogP contribution in [0.2, 0.25) is 0 Å². The molecule has 3 aromatic rings. The number of amides is 2. The lowest BCUT2D eigenvalue weighted by Gasteiger charge is -2.36. The van der Waals surface area contributed by atoms with Crippen LogP contribution in [0.1, 0.15) is 34.5 Å². The number of benzene rings is 3. The molecule has 0 radical (unpaired) electrons. The normalized spacial score (nSPS) is 15.0. The minimum Gasteiger partial charge on any atom is -0.338 e. The average Bonchev–Trinajstić information content (AvgIpc) is 2.92. The van der Waals surface area contributed by atoms with Gasteiger partial charge in [0.25, 0.3) is 5.91 Å². The SMILES string of the molecule is CC(c1ccc(-c2ccccc2)cc1)N(Cl)CC(=O)N1CCN(C(=O)c2cc(F)ccc2C(F)(F)F)CC1. The molecule has 1 aliphatic rings. The minimum atomic E-state index is -4.79. The average molecular weight is 548 g/mol. The van der Waals surface area contributed by atoms with Gasteiger partial charge in [0.1, 0.15) is 5.82 Å². The Morgan fingerprint density at radius 3 is 2.08 bits per heavy atom. The molecule has 1 unspecified atom stereocenters. The molecule has 1 atom stereocenters. The number of nitrogens with zero attached hydrogens (tertiary/aromatic N) is 3. The summed E-state index contributed by atoms with van der Waals surface area (Å²) in [5.41, 5.74) is 1.15. The molecule has 0 bridgehead atoms. The van der Waals surface area contributed by atoms with Gasteiger partial charge in [0, 0.05) is 32.2 Å². The summed E-state index contributed by atoms with van der Waals surface area (Å²) < 4.78 is 55.0. The summed E-state index contributed by atoms with van der Waals surface area (Å²) >= 11 is 6.45. The topological polar surface area (TPSA) is 43.9 Å². The second kappa shape index (κ2) is 11.5. The molecule has 3 aromatic carbocycles. The lowest BCUT2D eigenvalue weighted by Crippen LogP contribution is -2.52. The molecule has 0 saturated carbocycles. The van der Waals surface area contributed by atoms with Crippen LogP contribution in [0, 0.1) is 5.82 Å². The highest BCUT2D eigenvalue weighted by molar-refractivity contribution is 6.14. The Hall–Kier alpha value is -3.43. The zero-order valence-corrected chi connectivity index (χ0v) is 21.3. The van der Waals surface area contributed by atoms with Gasteiger partial charge in [-0.3, -0.25) is 9.59 Å². The first kappa shape index (κ1) is 27.6. The van der Waals surface area contributed by atoms with Gasteiger partial charge in [-0.1, -0.05) is 54.6 Å². The van der Waals surface area contributed by atoms with Crippen molar-refractivity contribution >= 4 is 23.6 Å². The third-order valence-electron chi connectivity index (χ3n) is 6.64. The Morgan fingerprint density at radius 2 is 1.47 bits per heavy atom. The fourth-order valence-corrected chi connectivity index (χ4v) is 4.60. The predicted octanol–water partition coefficient (Wildman–Crippen LogP) is 6.01. The van der Waals surface area contributed by atoms with E-state index in [2.05, 4.69) is 0 Å². The molecule has 5 nitrogen and oxygen atoms in total. The van der Waals surface area contributed by atoms with Crippen molar-refractivity contribution in [1.29, 1.82) is 0 Å². The first-order valence-electron chi connectivity index (χ1n) is 12.1. The molecule has 0 aromatic heterocycles. The molecule has 1 saturated heterocycles. The predicted molar refractivity (Wildman–Crippen MR) is 137 cm³/mol. The van der Waals surface area contributed by atoms with Crippen LogP contribution < -0.4 is 0 Å². The van der Waals surface area contributed by atoms with Crippen LogP contribution in [0.4, 0.5) is 17.6 Å². The fraction of sp³-hybridized carbons (Fsp3) is 0.286. The van der Waals surface area contributed by atoms with Crippen LogP contribution in [0.3, 0.4) is 0 Å². The van der Waals surface area contributed by atoms with Gasteiger partial charge in [-0.25, -0.2) is 8.81 Å². The summed E-state index contributed by atoms with van der Waals surface area (Å²) in [4.78, 5) is 28.3. The Bertz CT molecular complexity index is 1280. The lowest BCUT2D eigenvalue weighted by molar-refractivity contribution is -0.138. The molecular weight excluding hydrogens is 522 g/mol. The molecule has 1 aliphatic heterocycles. The zero-order chi connectivity index (χ0) is 27.4. The number of alkyl halides is 3. The van der Waals surface area contributed by atoms with Crippen LogP contribution in [0.5, 0.6) is 0 Å². The zero-order valence-electron chi connectivity index (χ0n) is 20.6. The Labute approximate surface area is 223 Å². The van der Waals surface area contributed by atoms with Crippen molar-refractivity contribution in [2.45, 2.75) is 19.1 Å². The molecular formula is C28H26ClF4N3O2. The van der Waals surface area contributed by atoms with Crippen LogP contribution in [0.25, 0.3) is 11.1 Å². The van der Waals surface area contributed by atoms with Gasteiger partial charge in [0.2, 0.25) is 5.91 Å². The fourth-order valence-electron chi connectivity index (χ4n) is 4.38. The van der Waals surface area contributed by atoms with E-state index in [-0.39, 0.29) is 44.7 Å². The molecule has 0 aliphatic carbocycles. The Kier molecular flexibility index (Phi) is 8.38. The number of piperazine rings is 1. The van der Waals surface area contributed by atoms with Crippen LogP contribution >= 0.6 is 11.8 Å². The van der Waals surface area contributed by atoms with E-state index in [0.717, 1.165) is 16.7 Å². The second-order valence-electron chi connectivity index (χ2n) is 9.08. The third kappa shape index (κ3) is 6.34. The number of rotatable bonds is 6. The number of carbonyl (C=O) groups excluding carboxylic acids is 2. The second-order valence-corrected chi connectivity index (χ2v) is 9.52. The molecule has 4 rings (SSSR count). The Balaban J connectivity index is 1.33. The Morgan fingerprint density at radius 1 is 0.895 bits per heavy atom. The third-order valence-corrected chi connectivity index (χ3v) is 7.06. The standard InChI is InChI=1S/C28H26ClF4N3O2/c1-19(20-7-9-22(10-8-20)21-5-3-2-4-6-21)36(29)18-26(37)34-13-15-35(16-14-34)27(38)24-17-23(30)11-12-25(24)28(31,32)33/h2-12,17,19H,13-16,18H2,1H3. The summed E-state index contributed by atoms with van der Waals surface area (Å²) in [5.74, 6) is -2.11. The molecule has 0 spiro atoms. The number of halogens is 5. The summed E-state index contributed by atoms with van der Waals surface area (Å²) in [6, 6.07) is 19.4. The van der Waals surface area contributed by atoms with E-state index in [4.69, 9.17) is 11.8 Å². The van der Waals surface area contributed by atoms with Crippen molar-refractivity contribution in [2.75, 3.05) is 32.7 Å². The van der Waals surface area contributed by atoms with Gasteiger partial charge in [-0.2, -0.15) is 13.2 Å². The molecule has 200 valence electrons. The maximum absolute atomic E-state index is 13.6. The number of carbonyl (C=O) groups is 2. The summed E-state index contributed by atoms with van der Waals surface area (Å²) in [5, 5.41) is 0. The largest absolute Gasteiger partial charge is 0.417 e. The highest BCUT2D eigenvalue weighted by Crippen LogP contribution is 2.33. The maximum Gasteiger partial charge on any atom is 0.417 e. The van der Waals surface area contributed by atoms with Gasteiger partial charge < -0.3 is 9.80 Å². The van der Waals surface area contributed by atoms with E-state index in [1.807, 2.05) is 61.5 Å². The quantitative estimate of drug-likeness (QED) is 0.280. The molecule has 38 heavy (non-hydrogen) atoms. The highest BCUT2D eigenvalue weighted by atomic mass is 35.5. The summed E-state index contributed by atoms with van der Waals surface area (Å²) in [7, 11) is 0. The minimum absolute atomic E-state index is 0.0250. The first-order valence-corrected chi connectivity index (χ1v) is 12.4. The highest BCUT2D eigenvalue weighted by Gasteiger charge is 2.37. The lowest BCUT2D eigenvalue weighted by atomic mass is 10.0. The van der Waals surface area contributed by atoms with Gasteiger partial charge in [-0.15, -0.1) is 0 Å². The van der Waals surface area contributed by atoms with E-state index in [1.54, 1.807) is 0 Å². The van der Waals surface area contributed by atoms with Gasteiger partial charge >= 0.3 is 6.18 Å². The van der Waals surface area contributed by atoms with E-state index in [1.165, 1.54) is 14.2 Å². The van der Waals surface area contributed by atoms with Crippen molar-refractivity contribution in [3.8, 4) is 11.1 Å².